The van der Waals surface area contributed by atoms with Crippen molar-refractivity contribution >= 4 is 44.6 Å². The van der Waals surface area contributed by atoms with Crippen molar-refractivity contribution < 1.29 is 0 Å². The number of nitrogens with one attached hydrogen (secondary N) is 1. The smallest absolute Gasteiger partial charge is 0.0519 e. The number of nitrogens with zero attached hydrogens (tertiary/aromatic N) is 1. The van der Waals surface area contributed by atoms with E-state index in [1.807, 2.05) is 0 Å². The van der Waals surface area contributed by atoms with E-state index in [1.54, 1.807) is 11.3 Å². The molecule has 2 nitrogen and oxygen atoms in total. The molecule has 1 aliphatic rings. The monoisotopic (exact) mass is 384 g/mol. The summed E-state index contributed by atoms with van der Waals surface area (Å²) in [5, 5.41) is 6.46. The maximum atomic E-state index is 6.41. The molecule has 1 heterocycles. The number of anilines is 1. The van der Waals surface area contributed by atoms with Gasteiger partial charge in [0, 0.05) is 45.1 Å². The predicted molar refractivity (Wildman–Crippen MR) is 95.4 cm³/mol. The van der Waals surface area contributed by atoms with E-state index in [2.05, 4.69) is 62.8 Å². The molecule has 0 amide bonds. The van der Waals surface area contributed by atoms with E-state index in [-0.39, 0.29) is 0 Å². The number of hydrogen-bond acceptors (Lipinski definition) is 3. The molecule has 0 radical (unpaired) electrons. The molecule has 0 spiro atoms. The molecule has 0 bridgehead atoms. The molecule has 1 aliphatic carbocycles. The first kappa shape index (κ1) is 15.3. The Hall–Kier alpha value is -0.550. The van der Waals surface area contributed by atoms with Crippen LogP contribution in [0.5, 0.6) is 0 Å². The molecule has 2 aromatic rings. The van der Waals surface area contributed by atoms with Crippen LogP contribution in [-0.4, -0.2) is 13.1 Å². The van der Waals surface area contributed by atoms with Crippen molar-refractivity contribution in [1.29, 1.82) is 0 Å². The van der Waals surface area contributed by atoms with Gasteiger partial charge < -0.3 is 10.2 Å². The van der Waals surface area contributed by atoms with Crippen LogP contribution in [0.25, 0.3) is 0 Å². The number of benzene rings is 1. The third-order valence-corrected chi connectivity index (χ3v) is 5.68. The standard InChI is InChI=1S/C16H18BrClN2S/c1-20(9-15-6-12(17)10-21-15)14-5-2-11(16(18)7-14)8-19-13-3-4-13/h2,5-7,10,13,19H,3-4,8-9H2,1H3. The molecular weight excluding hydrogens is 368 g/mol. The van der Waals surface area contributed by atoms with Crippen molar-refractivity contribution in [3.63, 3.8) is 0 Å². The van der Waals surface area contributed by atoms with Gasteiger partial charge in [-0.2, -0.15) is 0 Å². The summed E-state index contributed by atoms with van der Waals surface area (Å²) in [5.74, 6) is 0. The van der Waals surface area contributed by atoms with E-state index in [1.165, 1.54) is 23.3 Å². The quantitative estimate of drug-likeness (QED) is 0.748. The second-order valence-electron chi connectivity index (χ2n) is 5.52. The molecule has 0 atom stereocenters. The van der Waals surface area contributed by atoms with E-state index >= 15 is 0 Å². The molecule has 112 valence electrons. The number of thiophene rings is 1. The highest BCUT2D eigenvalue weighted by molar-refractivity contribution is 9.10. The normalized spacial score (nSPS) is 14.4. The summed E-state index contributed by atoms with van der Waals surface area (Å²) in [6.45, 7) is 1.76. The summed E-state index contributed by atoms with van der Waals surface area (Å²) in [7, 11) is 2.10. The minimum Gasteiger partial charge on any atom is -0.369 e. The summed E-state index contributed by atoms with van der Waals surface area (Å²) in [4.78, 5) is 3.56. The molecule has 1 N–H and O–H groups in total. The van der Waals surface area contributed by atoms with Crippen LogP contribution in [0.2, 0.25) is 5.02 Å². The van der Waals surface area contributed by atoms with Crippen LogP contribution in [0.15, 0.2) is 34.1 Å². The Bertz CT molecular complexity index is 624. The first-order valence-electron chi connectivity index (χ1n) is 7.07. The van der Waals surface area contributed by atoms with Gasteiger partial charge in [-0.3, -0.25) is 0 Å². The Kier molecular flexibility index (Phi) is 4.89. The van der Waals surface area contributed by atoms with Crippen LogP contribution >= 0.6 is 38.9 Å². The van der Waals surface area contributed by atoms with Gasteiger partial charge in [0.1, 0.15) is 0 Å². The molecule has 1 saturated carbocycles. The zero-order valence-electron chi connectivity index (χ0n) is 11.9. The third-order valence-electron chi connectivity index (χ3n) is 3.65. The Morgan fingerprint density at radius 2 is 2.19 bits per heavy atom. The highest BCUT2D eigenvalue weighted by atomic mass is 79.9. The molecule has 21 heavy (non-hydrogen) atoms. The molecule has 3 rings (SSSR count). The van der Waals surface area contributed by atoms with Gasteiger partial charge in [0.15, 0.2) is 0 Å². The minimum absolute atomic E-state index is 0.709. The number of halogens is 2. The van der Waals surface area contributed by atoms with Crippen molar-refractivity contribution in [2.45, 2.75) is 32.0 Å². The molecule has 0 unspecified atom stereocenters. The minimum atomic E-state index is 0.709. The second-order valence-corrected chi connectivity index (χ2v) is 7.84. The summed E-state index contributed by atoms with van der Waals surface area (Å²) in [6, 6.07) is 9.22. The fourth-order valence-electron chi connectivity index (χ4n) is 2.22. The second kappa shape index (κ2) is 6.69. The number of rotatable bonds is 6. The van der Waals surface area contributed by atoms with Gasteiger partial charge in [0.05, 0.1) is 6.54 Å². The van der Waals surface area contributed by atoms with Gasteiger partial charge in [-0.25, -0.2) is 0 Å². The fourth-order valence-corrected chi connectivity index (χ4v) is 3.97. The lowest BCUT2D eigenvalue weighted by Gasteiger charge is -2.19. The molecule has 0 aliphatic heterocycles. The molecule has 1 fully saturated rings. The van der Waals surface area contributed by atoms with Crippen LogP contribution in [0.4, 0.5) is 5.69 Å². The Morgan fingerprint density at radius 3 is 2.81 bits per heavy atom. The summed E-state index contributed by atoms with van der Waals surface area (Å²) in [5.41, 5.74) is 2.33. The average molecular weight is 386 g/mol. The van der Waals surface area contributed by atoms with Crippen molar-refractivity contribution in [3.8, 4) is 0 Å². The van der Waals surface area contributed by atoms with E-state index in [9.17, 15) is 0 Å². The van der Waals surface area contributed by atoms with Crippen molar-refractivity contribution in [1.82, 2.24) is 5.32 Å². The zero-order chi connectivity index (χ0) is 14.8. The largest absolute Gasteiger partial charge is 0.369 e. The molecular formula is C16H18BrClN2S. The first-order chi connectivity index (χ1) is 10.1. The van der Waals surface area contributed by atoms with E-state index in [0.29, 0.717) is 6.04 Å². The van der Waals surface area contributed by atoms with E-state index in [4.69, 9.17) is 11.6 Å². The van der Waals surface area contributed by atoms with E-state index in [0.717, 1.165) is 28.3 Å². The van der Waals surface area contributed by atoms with Crippen LogP contribution in [0, 0.1) is 0 Å². The van der Waals surface area contributed by atoms with Crippen LogP contribution in [0.1, 0.15) is 23.3 Å². The van der Waals surface area contributed by atoms with Crippen LogP contribution < -0.4 is 10.2 Å². The fraction of sp³-hybridized carbons (Fsp3) is 0.375. The Morgan fingerprint density at radius 1 is 1.38 bits per heavy atom. The Balaban J connectivity index is 1.65. The van der Waals surface area contributed by atoms with Gasteiger partial charge >= 0.3 is 0 Å². The molecule has 0 saturated heterocycles. The van der Waals surface area contributed by atoms with E-state index < -0.39 is 0 Å². The van der Waals surface area contributed by atoms with Crippen molar-refractivity contribution in [2.75, 3.05) is 11.9 Å². The number of hydrogen-bond donors (Lipinski definition) is 1. The molecule has 1 aromatic carbocycles. The summed E-state index contributed by atoms with van der Waals surface area (Å²) < 4.78 is 1.15. The van der Waals surface area contributed by atoms with Crippen molar-refractivity contribution in [3.05, 3.63) is 49.6 Å². The van der Waals surface area contributed by atoms with Gasteiger partial charge in [0.2, 0.25) is 0 Å². The lowest BCUT2D eigenvalue weighted by Crippen LogP contribution is -2.17. The van der Waals surface area contributed by atoms with Gasteiger partial charge in [-0.15, -0.1) is 11.3 Å². The maximum Gasteiger partial charge on any atom is 0.0519 e. The molecule has 5 heteroatoms. The first-order valence-corrected chi connectivity index (χ1v) is 9.13. The lowest BCUT2D eigenvalue weighted by molar-refractivity contribution is 0.688. The van der Waals surface area contributed by atoms with Gasteiger partial charge in [-0.05, 0) is 52.5 Å². The van der Waals surface area contributed by atoms with Gasteiger partial charge in [-0.1, -0.05) is 17.7 Å². The zero-order valence-corrected chi connectivity index (χ0v) is 15.1. The molecule has 1 aromatic heterocycles. The SMILES string of the molecule is CN(Cc1cc(Br)cs1)c1ccc(CNC2CC2)c(Cl)c1. The lowest BCUT2D eigenvalue weighted by atomic mass is 10.2. The highest BCUT2D eigenvalue weighted by Crippen LogP contribution is 2.27. The third kappa shape index (κ3) is 4.22. The van der Waals surface area contributed by atoms with Crippen molar-refractivity contribution in [2.24, 2.45) is 0 Å². The topological polar surface area (TPSA) is 15.3 Å². The summed E-state index contributed by atoms with van der Waals surface area (Å²) >= 11 is 11.7. The van der Waals surface area contributed by atoms with Crippen LogP contribution in [-0.2, 0) is 13.1 Å². The highest BCUT2D eigenvalue weighted by Gasteiger charge is 2.20. The predicted octanol–water partition coefficient (Wildman–Crippen LogP) is 5.05. The van der Waals surface area contributed by atoms with Crippen LogP contribution in [0.3, 0.4) is 0 Å². The summed E-state index contributed by atoms with van der Waals surface area (Å²) in [6.07, 6.45) is 2.60. The Labute approximate surface area is 143 Å². The van der Waals surface area contributed by atoms with Gasteiger partial charge in [0.25, 0.3) is 0 Å². The maximum absolute atomic E-state index is 6.41. The average Bonchev–Trinajstić information content (AvgIpc) is 3.20.